The first-order valence-corrected chi connectivity index (χ1v) is 6.81. The zero-order chi connectivity index (χ0) is 14.1. The van der Waals surface area contributed by atoms with Crippen molar-refractivity contribution in [3.8, 4) is 0 Å². The summed E-state index contributed by atoms with van der Waals surface area (Å²) in [6, 6.07) is 12.8. The van der Waals surface area contributed by atoms with Crippen LogP contribution in [0.4, 0.5) is 10.5 Å². The molecule has 1 aromatic heterocycles. The maximum atomic E-state index is 12.5. The topological polar surface area (TPSA) is 55.4 Å². The average molecular weight is 285 g/mol. The Morgan fingerprint density at radius 1 is 1.10 bits per heavy atom. The summed E-state index contributed by atoms with van der Waals surface area (Å²) in [5.74, 6) is 0. The van der Waals surface area contributed by atoms with E-state index in [2.05, 4.69) is 10.1 Å². The van der Waals surface area contributed by atoms with Crippen LogP contribution < -0.4 is 10.7 Å². The summed E-state index contributed by atoms with van der Waals surface area (Å²) in [5.41, 5.74) is 0.520. The van der Waals surface area contributed by atoms with Gasteiger partial charge in [-0.2, -0.15) is 0 Å². The van der Waals surface area contributed by atoms with Gasteiger partial charge in [0.15, 0.2) is 5.43 Å². The van der Waals surface area contributed by atoms with Gasteiger partial charge in [-0.3, -0.25) is 10.1 Å². The van der Waals surface area contributed by atoms with Gasteiger partial charge in [-0.25, -0.2) is 4.79 Å². The number of fused-ring (bicyclic) bond motifs is 2. The van der Waals surface area contributed by atoms with E-state index in [-0.39, 0.29) is 5.43 Å². The second-order valence-corrected chi connectivity index (χ2v) is 5.34. The Bertz CT molecular complexity index is 870. The highest BCUT2D eigenvalue weighted by Gasteiger charge is 2.07. The highest BCUT2D eigenvalue weighted by molar-refractivity contribution is 7.24. The quantitative estimate of drug-likeness (QED) is 0.695. The molecular formula is C15H11NO3S. The van der Waals surface area contributed by atoms with Gasteiger partial charge in [0.05, 0.1) is 7.11 Å². The molecule has 0 bridgehead atoms. The molecule has 2 aromatic carbocycles. The molecule has 0 aliphatic carbocycles. The van der Waals surface area contributed by atoms with Gasteiger partial charge in [-0.05, 0) is 30.3 Å². The van der Waals surface area contributed by atoms with Crippen LogP contribution in [0.15, 0.2) is 47.3 Å². The molecular weight excluding hydrogens is 274 g/mol. The fourth-order valence-corrected chi connectivity index (χ4v) is 3.10. The summed E-state index contributed by atoms with van der Waals surface area (Å²) in [6.45, 7) is 0. The lowest BCUT2D eigenvalue weighted by Crippen LogP contribution is -2.11. The largest absolute Gasteiger partial charge is 0.453 e. The van der Waals surface area contributed by atoms with Crippen LogP contribution in [0.3, 0.4) is 0 Å². The Morgan fingerprint density at radius 2 is 1.85 bits per heavy atom. The molecule has 1 amide bonds. The molecule has 1 heterocycles. The molecule has 0 aliphatic heterocycles. The average Bonchev–Trinajstić information content (AvgIpc) is 2.48. The first-order chi connectivity index (χ1) is 9.69. The van der Waals surface area contributed by atoms with Crippen LogP contribution in [-0.4, -0.2) is 13.2 Å². The zero-order valence-corrected chi connectivity index (χ0v) is 11.5. The smallest absolute Gasteiger partial charge is 0.411 e. The fraction of sp³-hybridized carbons (Fsp3) is 0.0667. The molecule has 1 N–H and O–H groups in total. The first kappa shape index (κ1) is 12.6. The number of methoxy groups -OCH3 is 1. The van der Waals surface area contributed by atoms with E-state index in [1.807, 2.05) is 30.3 Å². The van der Waals surface area contributed by atoms with Crippen molar-refractivity contribution in [3.05, 3.63) is 52.7 Å². The van der Waals surface area contributed by atoms with Crippen molar-refractivity contribution < 1.29 is 9.53 Å². The Kier molecular flexibility index (Phi) is 3.12. The molecule has 4 nitrogen and oxygen atoms in total. The van der Waals surface area contributed by atoms with Crippen molar-refractivity contribution in [2.75, 3.05) is 12.4 Å². The Labute approximate surface area is 118 Å². The van der Waals surface area contributed by atoms with E-state index in [0.717, 1.165) is 9.40 Å². The van der Waals surface area contributed by atoms with Crippen molar-refractivity contribution >= 4 is 43.3 Å². The van der Waals surface area contributed by atoms with Gasteiger partial charge in [0, 0.05) is 25.9 Å². The van der Waals surface area contributed by atoms with E-state index in [1.54, 1.807) is 23.5 Å². The van der Waals surface area contributed by atoms with Crippen LogP contribution in [0.25, 0.3) is 20.2 Å². The van der Waals surface area contributed by atoms with E-state index >= 15 is 0 Å². The third kappa shape index (κ3) is 2.12. The molecule has 3 rings (SSSR count). The van der Waals surface area contributed by atoms with Gasteiger partial charge >= 0.3 is 6.09 Å². The number of hydrogen-bond acceptors (Lipinski definition) is 4. The predicted octanol–water partition coefficient (Wildman–Crippen LogP) is 3.59. The number of nitrogens with one attached hydrogen (secondary N) is 1. The number of hydrogen-bond donors (Lipinski definition) is 1. The SMILES string of the molecule is COC(=O)Nc1ccc2sc3ccccc3c(=O)c2c1. The van der Waals surface area contributed by atoms with Gasteiger partial charge in [-0.15, -0.1) is 11.3 Å². The summed E-state index contributed by atoms with van der Waals surface area (Å²) in [6.07, 6.45) is -0.554. The van der Waals surface area contributed by atoms with E-state index in [1.165, 1.54) is 7.11 Å². The van der Waals surface area contributed by atoms with E-state index in [4.69, 9.17) is 0 Å². The third-order valence-corrected chi connectivity index (χ3v) is 4.16. The summed E-state index contributed by atoms with van der Waals surface area (Å²) >= 11 is 1.55. The fourth-order valence-electron chi connectivity index (χ4n) is 2.05. The first-order valence-electron chi connectivity index (χ1n) is 5.99. The Balaban J connectivity index is 2.23. The molecule has 100 valence electrons. The molecule has 0 atom stereocenters. The number of amides is 1. The normalized spacial score (nSPS) is 10.7. The predicted molar refractivity (Wildman–Crippen MR) is 81.6 cm³/mol. The van der Waals surface area contributed by atoms with Gasteiger partial charge in [0.25, 0.3) is 0 Å². The number of carbonyl (C=O) groups is 1. The number of ether oxygens (including phenoxy) is 1. The minimum atomic E-state index is -0.554. The molecule has 0 unspecified atom stereocenters. The van der Waals surface area contributed by atoms with Crippen LogP contribution in [0.5, 0.6) is 0 Å². The van der Waals surface area contributed by atoms with Crippen LogP contribution in [0.2, 0.25) is 0 Å². The second kappa shape index (κ2) is 4.94. The van der Waals surface area contributed by atoms with Gasteiger partial charge < -0.3 is 4.74 Å². The summed E-state index contributed by atoms with van der Waals surface area (Å²) in [5, 5.41) is 3.86. The number of anilines is 1. The molecule has 20 heavy (non-hydrogen) atoms. The Morgan fingerprint density at radius 3 is 2.65 bits per heavy atom. The number of benzene rings is 2. The van der Waals surface area contributed by atoms with E-state index in [0.29, 0.717) is 16.5 Å². The lowest BCUT2D eigenvalue weighted by molar-refractivity contribution is 0.187. The Hall–Kier alpha value is -2.40. The molecule has 0 radical (unpaired) electrons. The van der Waals surface area contributed by atoms with E-state index < -0.39 is 6.09 Å². The molecule has 0 saturated heterocycles. The maximum absolute atomic E-state index is 12.5. The molecule has 0 spiro atoms. The van der Waals surface area contributed by atoms with Gasteiger partial charge in [-0.1, -0.05) is 12.1 Å². The minimum absolute atomic E-state index is 0.0251. The van der Waals surface area contributed by atoms with Crippen LogP contribution in [0.1, 0.15) is 0 Å². The molecule has 0 saturated carbocycles. The van der Waals surface area contributed by atoms with Crippen molar-refractivity contribution in [2.24, 2.45) is 0 Å². The summed E-state index contributed by atoms with van der Waals surface area (Å²) in [4.78, 5) is 23.7. The molecule has 0 aliphatic rings. The molecule has 0 fully saturated rings. The number of carbonyl (C=O) groups excluding carboxylic acids is 1. The highest BCUT2D eigenvalue weighted by Crippen LogP contribution is 2.26. The van der Waals surface area contributed by atoms with Crippen LogP contribution in [0, 0.1) is 0 Å². The molecule has 3 aromatic rings. The van der Waals surface area contributed by atoms with Crippen LogP contribution >= 0.6 is 11.3 Å². The van der Waals surface area contributed by atoms with E-state index in [9.17, 15) is 9.59 Å². The lowest BCUT2D eigenvalue weighted by Gasteiger charge is -2.05. The number of rotatable bonds is 1. The van der Waals surface area contributed by atoms with Crippen molar-refractivity contribution in [1.29, 1.82) is 0 Å². The zero-order valence-electron chi connectivity index (χ0n) is 10.7. The highest BCUT2D eigenvalue weighted by atomic mass is 32.1. The van der Waals surface area contributed by atoms with Gasteiger partial charge in [0.1, 0.15) is 0 Å². The minimum Gasteiger partial charge on any atom is -0.453 e. The van der Waals surface area contributed by atoms with Crippen molar-refractivity contribution in [3.63, 3.8) is 0 Å². The standard InChI is InChI=1S/C15H11NO3S/c1-19-15(18)16-9-6-7-13-11(8-9)14(17)10-4-2-3-5-12(10)20-13/h2-8H,1H3,(H,16,18). The van der Waals surface area contributed by atoms with Gasteiger partial charge in [0.2, 0.25) is 0 Å². The maximum Gasteiger partial charge on any atom is 0.411 e. The van der Waals surface area contributed by atoms with Crippen molar-refractivity contribution in [2.45, 2.75) is 0 Å². The summed E-state index contributed by atoms with van der Waals surface area (Å²) in [7, 11) is 1.30. The van der Waals surface area contributed by atoms with Crippen LogP contribution in [-0.2, 0) is 4.74 Å². The molecule has 5 heteroatoms. The van der Waals surface area contributed by atoms with Crippen molar-refractivity contribution in [1.82, 2.24) is 0 Å². The summed E-state index contributed by atoms with van der Waals surface area (Å²) < 4.78 is 6.39. The monoisotopic (exact) mass is 285 g/mol. The second-order valence-electron chi connectivity index (χ2n) is 4.25. The third-order valence-electron chi connectivity index (χ3n) is 3.01. The lowest BCUT2D eigenvalue weighted by atomic mass is 10.1.